The summed E-state index contributed by atoms with van der Waals surface area (Å²) in [6.45, 7) is 5.06. The van der Waals surface area contributed by atoms with Gasteiger partial charge in [0.05, 0.1) is 12.4 Å². The number of nitrogens with one attached hydrogen (secondary N) is 1. The van der Waals surface area contributed by atoms with Crippen LogP contribution in [0, 0.1) is 0 Å². The number of carbonyl (C=O) groups excluding carboxylic acids is 1. The zero-order valence-electron chi connectivity index (χ0n) is 15.6. The van der Waals surface area contributed by atoms with E-state index >= 15 is 0 Å². The van der Waals surface area contributed by atoms with Gasteiger partial charge in [-0.05, 0) is 36.6 Å². The van der Waals surface area contributed by atoms with Crippen molar-refractivity contribution in [3.63, 3.8) is 0 Å². The highest BCUT2D eigenvalue weighted by molar-refractivity contribution is 7.92. The van der Waals surface area contributed by atoms with Crippen molar-refractivity contribution >= 4 is 27.7 Å². The SMILES string of the molecule is CS(=O)(=O)Nc1ccc(/C=C/C(=O)N2CCN(CC3CCCO3)CC2)cc1. The van der Waals surface area contributed by atoms with Gasteiger partial charge in [-0.2, -0.15) is 0 Å². The van der Waals surface area contributed by atoms with Crippen LogP contribution < -0.4 is 4.72 Å². The quantitative estimate of drug-likeness (QED) is 0.739. The van der Waals surface area contributed by atoms with Gasteiger partial charge in [0.1, 0.15) is 0 Å². The van der Waals surface area contributed by atoms with Crippen LogP contribution >= 0.6 is 0 Å². The molecule has 27 heavy (non-hydrogen) atoms. The summed E-state index contributed by atoms with van der Waals surface area (Å²) in [6.07, 6.45) is 7.09. The summed E-state index contributed by atoms with van der Waals surface area (Å²) in [5.74, 6) is 0.00473. The molecule has 2 aliphatic rings. The number of hydrogen-bond donors (Lipinski definition) is 1. The minimum atomic E-state index is -3.28. The Balaban J connectivity index is 1.46. The van der Waals surface area contributed by atoms with Gasteiger partial charge in [0.25, 0.3) is 0 Å². The highest BCUT2D eigenvalue weighted by Gasteiger charge is 2.24. The molecule has 2 aliphatic heterocycles. The molecule has 0 bridgehead atoms. The smallest absolute Gasteiger partial charge is 0.246 e. The molecule has 1 amide bonds. The van der Waals surface area contributed by atoms with Crippen molar-refractivity contribution < 1.29 is 17.9 Å². The van der Waals surface area contributed by atoms with Crippen molar-refractivity contribution in [1.29, 1.82) is 0 Å². The fourth-order valence-corrected chi connectivity index (χ4v) is 3.94. The number of amides is 1. The van der Waals surface area contributed by atoms with Gasteiger partial charge in [0.2, 0.25) is 15.9 Å². The zero-order valence-corrected chi connectivity index (χ0v) is 16.5. The van der Waals surface area contributed by atoms with Gasteiger partial charge in [-0.1, -0.05) is 12.1 Å². The van der Waals surface area contributed by atoms with E-state index in [1.165, 1.54) is 0 Å². The van der Waals surface area contributed by atoms with Crippen LogP contribution in [0.2, 0.25) is 0 Å². The number of carbonyl (C=O) groups is 1. The molecule has 1 aromatic carbocycles. The van der Waals surface area contributed by atoms with Gasteiger partial charge < -0.3 is 9.64 Å². The fraction of sp³-hybridized carbons (Fsp3) is 0.526. The van der Waals surface area contributed by atoms with E-state index in [9.17, 15) is 13.2 Å². The Morgan fingerprint density at radius 1 is 1.22 bits per heavy atom. The van der Waals surface area contributed by atoms with E-state index in [4.69, 9.17) is 4.74 Å². The molecule has 0 saturated carbocycles. The molecule has 1 unspecified atom stereocenters. The number of ether oxygens (including phenoxy) is 1. The third-order valence-corrected chi connectivity index (χ3v) is 5.41. The van der Waals surface area contributed by atoms with Gasteiger partial charge in [0.15, 0.2) is 0 Å². The van der Waals surface area contributed by atoms with Crippen LogP contribution in [0.3, 0.4) is 0 Å². The lowest BCUT2D eigenvalue weighted by Gasteiger charge is -2.35. The van der Waals surface area contributed by atoms with E-state index < -0.39 is 10.0 Å². The first-order valence-corrected chi connectivity index (χ1v) is 11.2. The van der Waals surface area contributed by atoms with Gasteiger partial charge in [0, 0.05) is 51.1 Å². The molecule has 2 saturated heterocycles. The Morgan fingerprint density at radius 2 is 1.93 bits per heavy atom. The number of piperazine rings is 1. The van der Waals surface area contributed by atoms with Crippen LogP contribution in [0.25, 0.3) is 6.08 Å². The van der Waals surface area contributed by atoms with E-state index in [1.807, 2.05) is 4.90 Å². The topological polar surface area (TPSA) is 79.0 Å². The summed E-state index contributed by atoms with van der Waals surface area (Å²) in [5.41, 5.74) is 1.35. The summed E-state index contributed by atoms with van der Waals surface area (Å²) in [5, 5.41) is 0. The summed E-state index contributed by atoms with van der Waals surface area (Å²) in [4.78, 5) is 16.6. The molecular weight excluding hydrogens is 366 g/mol. The van der Waals surface area contributed by atoms with E-state index in [0.29, 0.717) is 11.8 Å². The Kier molecular flexibility index (Phi) is 6.51. The number of rotatable bonds is 6. The lowest BCUT2D eigenvalue weighted by molar-refractivity contribution is -0.127. The molecule has 8 heteroatoms. The highest BCUT2D eigenvalue weighted by atomic mass is 32.2. The predicted octanol–water partition coefficient (Wildman–Crippen LogP) is 1.39. The van der Waals surface area contributed by atoms with E-state index in [-0.39, 0.29) is 5.91 Å². The zero-order chi connectivity index (χ0) is 19.3. The molecule has 1 atom stereocenters. The first-order valence-electron chi connectivity index (χ1n) is 9.28. The lowest BCUT2D eigenvalue weighted by Crippen LogP contribution is -2.50. The molecule has 0 spiro atoms. The average molecular weight is 394 g/mol. The monoisotopic (exact) mass is 393 g/mol. The minimum absolute atomic E-state index is 0.00473. The number of hydrogen-bond acceptors (Lipinski definition) is 5. The summed E-state index contributed by atoms with van der Waals surface area (Å²) < 4.78 is 30.5. The highest BCUT2D eigenvalue weighted by Crippen LogP contribution is 2.15. The molecule has 148 valence electrons. The predicted molar refractivity (Wildman–Crippen MR) is 106 cm³/mol. The summed E-state index contributed by atoms with van der Waals surface area (Å²) in [6, 6.07) is 6.90. The van der Waals surface area contributed by atoms with Gasteiger partial charge in [-0.25, -0.2) is 8.42 Å². The maximum atomic E-state index is 12.4. The van der Waals surface area contributed by atoms with Crippen LogP contribution in [0.4, 0.5) is 5.69 Å². The Labute approximate surface area is 161 Å². The first kappa shape index (κ1) is 19.9. The molecule has 0 aromatic heterocycles. The Bertz CT molecular complexity index is 763. The second kappa shape index (κ2) is 8.86. The number of anilines is 1. The van der Waals surface area contributed by atoms with E-state index in [0.717, 1.165) is 64.0 Å². The molecule has 2 heterocycles. The van der Waals surface area contributed by atoms with Crippen LogP contribution in [0.1, 0.15) is 18.4 Å². The molecule has 1 N–H and O–H groups in total. The normalized spacial score (nSPS) is 21.7. The second-order valence-electron chi connectivity index (χ2n) is 7.09. The van der Waals surface area contributed by atoms with Crippen molar-refractivity contribution in [1.82, 2.24) is 9.80 Å². The minimum Gasteiger partial charge on any atom is -0.377 e. The average Bonchev–Trinajstić information content (AvgIpc) is 3.13. The van der Waals surface area contributed by atoms with Crippen molar-refractivity contribution in [3.05, 3.63) is 35.9 Å². The van der Waals surface area contributed by atoms with E-state index in [2.05, 4.69) is 9.62 Å². The maximum absolute atomic E-state index is 12.4. The second-order valence-corrected chi connectivity index (χ2v) is 8.84. The number of benzene rings is 1. The third-order valence-electron chi connectivity index (χ3n) is 4.80. The number of nitrogens with zero attached hydrogens (tertiary/aromatic N) is 2. The number of sulfonamides is 1. The molecule has 0 aliphatic carbocycles. The van der Waals surface area contributed by atoms with Gasteiger partial charge in [-0.3, -0.25) is 14.4 Å². The molecule has 2 fully saturated rings. The maximum Gasteiger partial charge on any atom is 0.246 e. The van der Waals surface area contributed by atoms with Crippen molar-refractivity contribution in [2.75, 3.05) is 50.3 Å². The first-order chi connectivity index (χ1) is 12.9. The largest absolute Gasteiger partial charge is 0.377 e. The van der Waals surface area contributed by atoms with Crippen LogP contribution in [-0.2, 0) is 19.6 Å². The Hall–Kier alpha value is -1.90. The van der Waals surface area contributed by atoms with Crippen molar-refractivity contribution in [2.24, 2.45) is 0 Å². The van der Waals surface area contributed by atoms with Crippen molar-refractivity contribution in [2.45, 2.75) is 18.9 Å². The lowest BCUT2D eigenvalue weighted by atomic mass is 10.2. The third kappa shape index (κ3) is 6.34. The molecule has 1 aromatic rings. The fourth-order valence-electron chi connectivity index (χ4n) is 3.38. The van der Waals surface area contributed by atoms with Crippen LogP contribution in [-0.4, -0.2) is 75.8 Å². The standard InChI is InChI=1S/C19H27N3O4S/c1-27(24,25)20-17-7-4-16(5-8-17)6-9-19(23)22-12-10-21(11-13-22)15-18-3-2-14-26-18/h4-9,18,20H,2-3,10-15H2,1H3/b9-6+. The van der Waals surface area contributed by atoms with E-state index in [1.54, 1.807) is 36.4 Å². The molecular formula is C19H27N3O4S. The van der Waals surface area contributed by atoms with Gasteiger partial charge in [-0.15, -0.1) is 0 Å². The van der Waals surface area contributed by atoms with Crippen LogP contribution in [0.15, 0.2) is 30.3 Å². The van der Waals surface area contributed by atoms with Crippen molar-refractivity contribution in [3.8, 4) is 0 Å². The summed E-state index contributed by atoms with van der Waals surface area (Å²) >= 11 is 0. The summed E-state index contributed by atoms with van der Waals surface area (Å²) in [7, 11) is -3.28. The van der Waals surface area contributed by atoms with Crippen LogP contribution in [0.5, 0.6) is 0 Å². The molecule has 3 rings (SSSR count). The molecule has 0 radical (unpaired) electrons. The van der Waals surface area contributed by atoms with Gasteiger partial charge >= 0.3 is 0 Å². The molecule has 7 nitrogen and oxygen atoms in total. The Morgan fingerprint density at radius 3 is 2.52 bits per heavy atom.